The van der Waals surface area contributed by atoms with Crippen molar-refractivity contribution in [3.8, 4) is 5.75 Å². The largest absolute Gasteiger partial charge is 0.494 e. The number of ether oxygens (including phenoxy) is 1. The molecule has 0 aliphatic carbocycles. The summed E-state index contributed by atoms with van der Waals surface area (Å²) in [6.07, 6.45) is 7.53. The molecule has 1 atom stereocenters. The number of rotatable bonds is 8. The lowest BCUT2D eigenvalue weighted by Gasteiger charge is -2.32. The summed E-state index contributed by atoms with van der Waals surface area (Å²) >= 11 is 0. The van der Waals surface area contributed by atoms with Crippen LogP contribution in [0.25, 0.3) is 16.6 Å². The molecule has 1 unspecified atom stereocenters. The molecule has 0 bridgehead atoms. The van der Waals surface area contributed by atoms with Gasteiger partial charge in [0.25, 0.3) is 0 Å². The van der Waals surface area contributed by atoms with Gasteiger partial charge in [-0.3, -0.25) is 9.98 Å². The Labute approximate surface area is 211 Å². The number of likely N-dealkylation sites (tertiary alicyclic amines) is 1. The quantitative estimate of drug-likeness (QED) is 0.445. The number of aliphatic imine (C=N–C) groups is 1. The van der Waals surface area contributed by atoms with Crippen LogP contribution in [0.1, 0.15) is 30.9 Å². The fourth-order valence-electron chi connectivity index (χ4n) is 4.55. The van der Waals surface area contributed by atoms with Crippen molar-refractivity contribution in [1.29, 1.82) is 0 Å². The molecule has 1 aliphatic heterocycles. The third-order valence-electron chi connectivity index (χ3n) is 6.79. The van der Waals surface area contributed by atoms with Crippen LogP contribution in [0, 0.1) is 5.82 Å². The van der Waals surface area contributed by atoms with Crippen molar-refractivity contribution in [3.63, 3.8) is 0 Å². The molecule has 7 nitrogen and oxygen atoms in total. The summed E-state index contributed by atoms with van der Waals surface area (Å²) in [4.78, 5) is 17.7. The van der Waals surface area contributed by atoms with Crippen LogP contribution < -0.4 is 15.4 Å². The zero-order valence-corrected chi connectivity index (χ0v) is 21.3. The minimum absolute atomic E-state index is 0.169. The fourth-order valence-corrected chi connectivity index (χ4v) is 4.55. The van der Waals surface area contributed by atoms with Crippen LogP contribution in [0.3, 0.4) is 0 Å². The van der Waals surface area contributed by atoms with Crippen molar-refractivity contribution in [2.75, 3.05) is 32.6 Å². The van der Waals surface area contributed by atoms with E-state index >= 15 is 4.39 Å². The highest BCUT2D eigenvalue weighted by Gasteiger charge is 2.29. The normalized spacial score (nSPS) is 16.4. The minimum Gasteiger partial charge on any atom is -0.494 e. The Morgan fingerprint density at radius 1 is 1.33 bits per heavy atom. The fraction of sp³-hybridized carbons (Fsp3) is 0.321. The second-order valence-electron chi connectivity index (χ2n) is 8.91. The number of anilines is 2. The van der Waals surface area contributed by atoms with Gasteiger partial charge < -0.3 is 20.3 Å². The Morgan fingerprint density at radius 2 is 2.14 bits per heavy atom. The first-order valence-electron chi connectivity index (χ1n) is 12.1. The average molecular weight is 489 g/mol. The summed E-state index contributed by atoms with van der Waals surface area (Å²) in [6, 6.07) is 9.52. The lowest BCUT2D eigenvalue weighted by Crippen LogP contribution is -2.36. The second kappa shape index (κ2) is 10.8. The van der Waals surface area contributed by atoms with E-state index < -0.39 is 5.82 Å². The molecule has 1 fully saturated rings. The van der Waals surface area contributed by atoms with E-state index in [4.69, 9.17) is 15.5 Å². The number of pyridine rings is 2. The SMILES string of the molecule is C=C1CCC(CN(c2ccc3ncc(C(C=NC)=CN)cc3n2)c2cc(CC)cc(OC)c2F)N1C. The Bertz CT molecular complexity index is 1340. The summed E-state index contributed by atoms with van der Waals surface area (Å²) in [5.41, 5.74) is 11.3. The maximum Gasteiger partial charge on any atom is 0.188 e. The molecule has 0 radical (unpaired) electrons. The molecule has 1 saturated heterocycles. The zero-order chi connectivity index (χ0) is 25.8. The number of aryl methyl sites for hydroxylation is 1. The predicted octanol–water partition coefficient (Wildman–Crippen LogP) is 5.09. The van der Waals surface area contributed by atoms with Gasteiger partial charge in [0.15, 0.2) is 11.6 Å². The van der Waals surface area contributed by atoms with Crippen LogP contribution in [-0.2, 0) is 6.42 Å². The summed E-state index contributed by atoms with van der Waals surface area (Å²) in [6.45, 7) is 6.75. The highest BCUT2D eigenvalue weighted by Crippen LogP contribution is 2.36. The van der Waals surface area contributed by atoms with Gasteiger partial charge in [-0.2, -0.15) is 0 Å². The average Bonchev–Trinajstić information content (AvgIpc) is 3.22. The highest BCUT2D eigenvalue weighted by molar-refractivity contribution is 6.10. The van der Waals surface area contributed by atoms with E-state index in [0.29, 0.717) is 23.6 Å². The summed E-state index contributed by atoms with van der Waals surface area (Å²) < 4.78 is 21.1. The zero-order valence-electron chi connectivity index (χ0n) is 21.3. The first kappa shape index (κ1) is 25.2. The molecule has 1 aromatic carbocycles. The molecule has 188 valence electrons. The van der Waals surface area contributed by atoms with E-state index in [2.05, 4.69) is 21.5 Å². The van der Waals surface area contributed by atoms with Crippen molar-refractivity contribution < 1.29 is 9.13 Å². The number of hydrogen-bond acceptors (Lipinski definition) is 7. The molecule has 0 spiro atoms. The Morgan fingerprint density at radius 3 is 2.78 bits per heavy atom. The first-order chi connectivity index (χ1) is 17.4. The monoisotopic (exact) mass is 488 g/mol. The smallest absolute Gasteiger partial charge is 0.188 e. The lowest BCUT2D eigenvalue weighted by atomic mass is 10.1. The number of nitrogens with zero attached hydrogens (tertiary/aromatic N) is 5. The van der Waals surface area contributed by atoms with Gasteiger partial charge in [0, 0.05) is 62.1 Å². The first-order valence-corrected chi connectivity index (χ1v) is 12.1. The Kier molecular flexibility index (Phi) is 7.52. The molecule has 0 amide bonds. The van der Waals surface area contributed by atoms with Gasteiger partial charge in [-0.25, -0.2) is 9.37 Å². The van der Waals surface area contributed by atoms with Gasteiger partial charge in [0.1, 0.15) is 5.82 Å². The number of benzene rings is 1. The second-order valence-corrected chi connectivity index (χ2v) is 8.91. The maximum atomic E-state index is 15.7. The summed E-state index contributed by atoms with van der Waals surface area (Å²) in [5.74, 6) is 0.444. The van der Waals surface area contributed by atoms with Gasteiger partial charge in [0.05, 0.1) is 23.8 Å². The predicted molar refractivity (Wildman–Crippen MR) is 145 cm³/mol. The minimum atomic E-state index is -0.407. The number of likely N-dealkylation sites (N-methyl/N-ethyl adjacent to an activating group) is 1. The third-order valence-corrected chi connectivity index (χ3v) is 6.79. The van der Waals surface area contributed by atoms with Crippen LogP contribution in [0.4, 0.5) is 15.9 Å². The number of fused-ring (bicyclic) bond motifs is 1. The standard InChI is InChI=1S/C28H33FN6O/c1-6-19-11-25(28(29)26(12-19)36-5)35(17-22-8-7-18(2)34(22)4)27-10-9-23-24(33-27)13-20(16-32-23)21(14-30)15-31-3/h9-16,22H,2,6-8,17,30H2,1,3-5H3. The molecule has 3 aromatic rings. The number of halogens is 1. The molecule has 4 rings (SSSR count). The van der Waals surface area contributed by atoms with Crippen LogP contribution in [0.15, 0.2) is 60.0 Å². The molecule has 36 heavy (non-hydrogen) atoms. The van der Waals surface area contributed by atoms with Crippen molar-refractivity contribution >= 4 is 34.3 Å². The number of hydrogen-bond donors (Lipinski definition) is 1. The highest BCUT2D eigenvalue weighted by atomic mass is 19.1. The van der Waals surface area contributed by atoms with Crippen LogP contribution in [-0.4, -0.2) is 54.9 Å². The van der Waals surface area contributed by atoms with Crippen LogP contribution in [0.5, 0.6) is 5.75 Å². The maximum absolute atomic E-state index is 15.7. The molecule has 0 saturated carbocycles. The van der Waals surface area contributed by atoms with Gasteiger partial charge in [-0.05, 0) is 55.2 Å². The topological polar surface area (TPSA) is 79.9 Å². The molecule has 2 N–H and O–H groups in total. The number of nitrogens with two attached hydrogens (primary N) is 1. The molecular formula is C28H33FN6O. The van der Waals surface area contributed by atoms with Gasteiger partial charge in [0.2, 0.25) is 0 Å². The van der Waals surface area contributed by atoms with Crippen molar-refractivity contribution in [2.45, 2.75) is 32.2 Å². The van der Waals surface area contributed by atoms with E-state index in [0.717, 1.165) is 47.2 Å². The van der Waals surface area contributed by atoms with E-state index in [1.54, 1.807) is 25.5 Å². The number of methoxy groups -OCH3 is 1. The summed E-state index contributed by atoms with van der Waals surface area (Å²) in [7, 11) is 5.22. The van der Waals surface area contributed by atoms with Crippen LogP contribution in [0.2, 0.25) is 0 Å². The van der Waals surface area contributed by atoms with Crippen molar-refractivity contribution in [3.05, 3.63) is 71.9 Å². The Balaban J connectivity index is 1.86. The molecular weight excluding hydrogens is 455 g/mol. The van der Waals surface area contributed by atoms with Crippen molar-refractivity contribution in [1.82, 2.24) is 14.9 Å². The number of allylic oxidation sites excluding steroid dienone is 2. The van der Waals surface area contributed by atoms with E-state index in [-0.39, 0.29) is 11.8 Å². The van der Waals surface area contributed by atoms with Gasteiger partial charge >= 0.3 is 0 Å². The summed E-state index contributed by atoms with van der Waals surface area (Å²) in [5, 5.41) is 0. The van der Waals surface area contributed by atoms with Gasteiger partial charge in [-0.1, -0.05) is 13.5 Å². The van der Waals surface area contributed by atoms with E-state index in [9.17, 15) is 0 Å². The third kappa shape index (κ3) is 4.89. The van der Waals surface area contributed by atoms with E-state index in [1.807, 2.05) is 43.1 Å². The van der Waals surface area contributed by atoms with Crippen LogP contribution >= 0.6 is 0 Å². The van der Waals surface area contributed by atoms with Gasteiger partial charge in [-0.15, -0.1) is 0 Å². The lowest BCUT2D eigenvalue weighted by molar-refractivity contribution is 0.356. The Hall–Kier alpha value is -3.94. The molecule has 8 heteroatoms. The molecule has 2 aromatic heterocycles. The molecule has 1 aliphatic rings. The van der Waals surface area contributed by atoms with Crippen molar-refractivity contribution in [2.24, 2.45) is 10.7 Å². The number of aromatic nitrogens is 2. The van der Waals surface area contributed by atoms with E-state index in [1.165, 1.54) is 13.3 Å². The molecule has 3 heterocycles.